The Hall–Kier alpha value is -2.99. The predicted octanol–water partition coefficient (Wildman–Crippen LogP) is 1.94. The molecule has 0 radical (unpaired) electrons. The lowest BCUT2D eigenvalue weighted by Gasteiger charge is -2.47. The third-order valence-corrected chi connectivity index (χ3v) is 5.67. The van der Waals surface area contributed by atoms with E-state index in [0.29, 0.717) is 51.3 Å². The van der Waals surface area contributed by atoms with E-state index in [9.17, 15) is 9.18 Å². The Kier molecular flexibility index (Phi) is 4.96. The fourth-order valence-corrected chi connectivity index (χ4v) is 4.14. The zero-order chi connectivity index (χ0) is 20.6. The molecule has 2 aliphatic heterocycles. The summed E-state index contributed by atoms with van der Waals surface area (Å²) < 4.78 is 20.4. The summed E-state index contributed by atoms with van der Waals surface area (Å²) in [6.07, 6.45) is 2.71. The van der Waals surface area contributed by atoms with Gasteiger partial charge in [-0.2, -0.15) is 5.26 Å². The average Bonchev–Trinajstić information content (AvgIpc) is 3.06. The van der Waals surface area contributed by atoms with Crippen molar-refractivity contribution in [3.8, 4) is 6.07 Å². The maximum atomic E-state index is 14.3. The number of H-pyrrole nitrogens is 1. The van der Waals surface area contributed by atoms with Gasteiger partial charge in [0.2, 0.25) is 0 Å². The minimum Gasteiger partial charge on any atom is -0.371 e. The highest BCUT2D eigenvalue weighted by Crippen LogP contribution is 2.33. The van der Waals surface area contributed by atoms with Gasteiger partial charge in [0.1, 0.15) is 17.6 Å². The number of aromatic nitrogens is 3. The molecule has 0 unspecified atom stereocenters. The Morgan fingerprint density at radius 3 is 2.72 bits per heavy atom. The van der Waals surface area contributed by atoms with Crippen LogP contribution in [0.3, 0.4) is 0 Å². The first-order valence-electron chi connectivity index (χ1n) is 9.68. The number of aromatic amines is 1. The molecule has 2 aliphatic rings. The van der Waals surface area contributed by atoms with E-state index in [1.54, 1.807) is 0 Å². The molecule has 9 heteroatoms. The fourth-order valence-electron chi connectivity index (χ4n) is 4.14. The molecule has 29 heavy (non-hydrogen) atoms. The Morgan fingerprint density at radius 1 is 1.34 bits per heavy atom. The topological polar surface area (TPSA) is 98.1 Å². The van der Waals surface area contributed by atoms with Crippen molar-refractivity contribution < 1.29 is 13.9 Å². The van der Waals surface area contributed by atoms with Crippen LogP contribution in [0.15, 0.2) is 12.3 Å². The third-order valence-electron chi connectivity index (χ3n) is 5.67. The van der Waals surface area contributed by atoms with Crippen LogP contribution in [0.1, 0.15) is 40.4 Å². The number of pyridine rings is 1. The van der Waals surface area contributed by atoms with Crippen LogP contribution in [0.2, 0.25) is 0 Å². The third kappa shape index (κ3) is 3.68. The first-order chi connectivity index (χ1) is 13.9. The maximum Gasteiger partial charge on any atom is 0.274 e. The van der Waals surface area contributed by atoms with Gasteiger partial charge in [-0.3, -0.25) is 4.79 Å². The van der Waals surface area contributed by atoms with Crippen LogP contribution in [-0.4, -0.2) is 64.1 Å². The second kappa shape index (κ2) is 7.44. The van der Waals surface area contributed by atoms with Crippen LogP contribution in [0, 0.1) is 31.0 Å². The molecule has 0 bridgehead atoms. The van der Waals surface area contributed by atoms with Crippen LogP contribution in [0.4, 0.5) is 10.2 Å². The Balaban J connectivity index is 1.45. The van der Waals surface area contributed by atoms with Gasteiger partial charge in [-0.25, -0.2) is 14.4 Å². The molecule has 152 valence electrons. The summed E-state index contributed by atoms with van der Waals surface area (Å²) in [7, 11) is 0. The number of ether oxygens (including phenoxy) is 1. The van der Waals surface area contributed by atoms with E-state index in [1.165, 1.54) is 12.3 Å². The van der Waals surface area contributed by atoms with E-state index >= 15 is 0 Å². The van der Waals surface area contributed by atoms with Crippen LogP contribution in [0.5, 0.6) is 0 Å². The number of piperidine rings is 1. The molecular weight excluding hydrogens is 375 g/mol. The molecule has 0 atom stereocenters. The molecule has 4 heterocycles. The zero-order valence-corrected chi connectivity index (χ0v) is 16.5. The Labute approximate surface area is 168 Å². The number of nitrogens with zero attached hydrogens (tertiary/aromatic N) is 5. The number of amides is 1. The number of nitrogens with one attached hydrogen (secondary N) is 1. The molecule has 2 saturated heterocycles. The number of halogens is 1. The number of anilines is 1. The summed E-state index contributed by atoms with van der Waals surface area (Å²) in [6.45, 7) is 6.31. The molecule has 4 rings (SSSR count). The van der Waals surface area contributed by atoms with Crippen LogP contribution >= 0.6 is 0 Å². The van der Waals surface area contributed by atoms with Crippen molar-refractivity contribution >= 4 is 11.7 Å². The van der Waals surface area contributed by atoms with E-state index in [0.717, 1.165) is 11.5 Å². The minimum absolute atomic E-state index is 0.0863. The maximum absolute atomic E-state index is 14.3. The molecule has 2 fully saturated rings. The summed E-state index contributed by atoms with van der Waals surface area (Å²) >= 11 is 0. The van der Waals surface area contributed by atoms with Gasteiger partial charge in [0.05, 0.1) is 24.3 Å². The number of morpholine rings is 1. The Bertz CT molecular complexity index is 974. The number of hydrogen-bond acceptors (Lipinski definition) is 6. The molecular formula is C20H23FN6O2. The molecule has 0 saturated carbocycles. The molecule has 0 aromatic carbocycles. The normalized spacial score (nSPS) is 18.7. The summed E-state index contributed by atoms with van der Waals surface area (Å²) in [4.78, 5) is 28.1. The van der Waals surface area contributed by atoms with E-state index < -0.39 is 11.4 Å². The molecule has 8 nitrogen and oxygen atoms in total. The SMILES string of the molecule is Cc1nc(C(=O)N2CCOC3(CCN(c4ncc(C#N)cc4F)CC3)C2)c(C)[nH]1. The summed E-state index contributed by atoms with van der Waals surface area (Å²) in [5.41, 5.74) is 0.992. The van der Waals surface area contributed by atoms with Gasteiger partial charge in [-0.1, -0.05) is 0 Å². The second-order valence-corrected chi connectivity index (χ2v) is 7.68. The number of rotatable bonds is 2. The van der Waals surface area contributed by atoms with Gasteiger partial charge in [-0.05, 0) is 32.8 Å². The van der Waals surface area contributed by atoms with Gasteiger partial charge in [0.15, 0.2) is 11.6 Å². The molecule has 2 aromatic rings. The minimum atomic E-state index is -0.495. The van der Waals surface area contributed by atoms with Crippen molar-refractivity contribution in [3.63, 3.8) is 0 Å². The number of imidazole rings is 1. The first-order valence-corrected chi connectivity index (χ1v) is 9.68. The van der Waals surface area contributed by atoms with Crippen molar-refractivity contribution in [3.05, 3.63) is 40.9 Å². The van der Waals surface area contributed by atoms with Gasteiger partial charge < -0.3 is 19.5 Å². The lowest BCUT2D eigenvalue weighted by atomic mass is 9.89. The van der Waals surface area contributed by atoms with Crippen LogP contribution in [-0.2, 0) is 4.74 Å². The van der Waals surface area contributed by atoms with Gasteiger partial charge >= 0.3 is 0 Å². The first kappa shape index (κ1) is 19.3. The fraction of sp³-hybridized carbons (Fsp3) is 0.500. The Morgan fingerprint density at radius 2 is 2.10 bits per heavy atom. The monoisotopic (exact) mass is 398 g/mol. The number of nitriles is 1. The second-order valence-electron chi connectivity index (χ2n) is 7.68. The lowest BCUT2D eigenvalue weighted by molar-refractivity contribution is -0.111. The molecule has 2 aromatic heterocycles. The smallest absolute Gasteiger partial charge is 0.274 e. The van der Waals surface area contributed by atoms with E-state index in [4.69, 9.17) is 10.00 Å². The van der Waals surface area contributed by atoms with Gasteiger partial charge in [0, 0.05) is 31.5 Å². The molecule has 1 amide bonds. The van der Waals surface area contributed by atoms with Crippen LogP contribution in [0.25, 0.3) is 0 Å². The average molecular weight is 398 g/mol. The highest BCUT2D eigenvalue weighted by atomic mass is 19.1. The van der Waals surface area contributed by atoms with Crippen LogP contribution < -0.4 is 4.90 Å². The lowest BCUT2D eigenvalue weighted by Crippen LogP contribution is -2.58. The number of hydrogen-bond donors (Lipinski definition) is 1. The number of carbonyl (C=O) groups excluding carboxylic acids is 1. The predicted molar refractivity (Wildman–Crippen MR) is 103 cm³/mol. The van der Waals surface area contributed by atoms with Gasteiger partial charge in [-0.15, -0.1) is 0 Å². The van der Waals surface area contributed by atoms with E-state index in [-0.39, 0.29) is 17.3 Å². The zero-order valence-electron chi connectivity index (χ0n) is 16.5. The molecule has 1 spiro atoms. The highest BCUT2D eigenvalue weighted by Gasteiger charge is 2.42. The summed E-state index contributed by atoms with van der Waals surface area (Å²) in [5.74, 6) is 0.395. The van der Waals surface area contributed by atoms with Crippen molar-refractivity contribution in [2.45, 2.75) is 32.3 Å². The number of carbonyl (C=O) groups is 1. The van der Waals surface area contributed by atoms with Crippen molar-refractivity contribution in [2.24, 2.45) is 0 Å². The molecule has 1 N–H and O–H groups in total. The van der Waals surface area contributed by atoms with Crippen molar-refractivity contribution in [1.29, 1.82) is 5.26 Å². The largest absolute Gasteiger partial charge is 0.371 e. The number of aryl methyl sites for hydroxylation is 2. The summed E-state index contributed by atoms with van der Waals surface area (Å²) in [5, 5.41) is 8.87. The van der Waals surface area contributed by atoms with Crippen molar-refractivity contribution in [2.75, 3.05) is 37.7 Å². The molecule has 0 aliphatic carbocycles. The quantitative estimate of drug-likeness (QED) is 0.830. The van der Waals surface area contributed by atoms with Gasteiger partial charge in [0.25, 0.3) is 5.91 Å². The highest BCUT2D eigenvalue weighted by molar-refractivity contribution is 5.93. The van der Waals surface area contributed by atoms with E-state index in [2.05, 4.69) is 15.0 Å². The van der Waals surface area contributed by atoms with E-state index in [1.807, 2.05) is 29.7 Å². The standard InChI is InChI=1S/C20H23FN6O2/c1-13-17(25-14(2)24-13)19(28)27-7-8-29-20(12-27)3-5-26(6-4-20)18-16(21)9-15(10-22)11-23-18/h9,11H,3-8,12H2,1-2H3,(H,24,25). The summed E-state index contributed by atoms with van der Waals surface area (Å²) in [6, 6.07) is 3.10. The van der Waals surface area contributed by atoms with Crippen molar-refractivity contribution in [1.82, 2.24) is 19.9 Å².